The minimum absolute atomic E-state index is 0.170. The van der Waals surface area contributed by atoms with Crippen LogP contribution in [0.15, 0.2) is 66.4 Å². The van der Waals surface area contributed by atoms with E-state index in [9.17, 15) is 9.59 Å². The van der Waals surface area contributed by atoms with Crippen molar-refractivity contribution in [3.05, 3.63) is 83.1 Å². The van der Waals surface area contributed by atoms with Crippen LogP contribution in [0.3, 0.4) is 0 Å². The second-order valence-electron chi connectivity index (χ2n) is 7.87. The molecule has 3 aromatic carbocycles. The fraction of sp³-hybridized carbons (Fsp3) is 0.185. The van der Waals surface area contributed by atoms with Crippen molar-refractivity contribution in [3.8, 4) is 17.2 Å². The highest BCUT2D eigenvalue weighted by atomic mass is 16.5. The minimum atomic E-state index is -0.444. The molecule has 0 spiro atoms. The number of hydrogen-bond acceptors (Lipinski definition) is 6. The topological polar surface area (TPSA) is 77.1 Å². The lowest BCUT2D eigenvalue weighted by Crippen LogP contribution is -2.32. The maximum absolute atomic E-state index is 13.6. The molecular weight excluding hydrogens is 432 g/mol. The smallest absolute Gasteiger partial charge is 0.282 e. The largest absolute Gasteiger partial charge is 0.493 e. The molecule has 0 bridgehead atoms. The highest BCUT2D eigenvalue weighted by Crippen LogP contribution is 2.41. The van der Waals surface area contributed by atoms with Gasteiger partial charge < -0.3 is 19.5 Å². The third-order valence-corrected chi connectivity index (χ3v) is 5.83. The van der Waals surface area contributed by atoms with Gasteiger partial charge in [-0.3, -0.25) is 9.59 Å². The van der Waals surface area contributed by atoms with E-state index in [1.54, 1.807) is 30.3 Å². The summed E-state index contributed by atoms with van der Waals surface area (Å²) in [6.45, 7) is 3.93. The zero-order chi connectivity index (χ0) is 24.4. The SMILES string of the molecule is COc1cc(NC2=C(c3ccccc3)C(=O)N(c3ccc(C)c(C)c3)C2=O)cc(OC)c1OC. The first-order valence-corrected chi connectivity index (χ1v) is 10.7. The van der Waals surface area contributed by atoms with Crippen LogP contribution in [0.2, 0.25) is 0 Å². The number of nitrogens with one attached hydrogen (secondary N) is 1. The molecule has 1 aliphatic rings. The maximum Gasteiger partial charge on any atom is 0.282 e. The zero-order valence-electron chi connectivity index (χ0n) is 19.8. The molecule has 0 radical (unpaired) electrons. The lowest BCUT2D eigenvalue weighted by molar-refractivity contribution is -0.120. The Kier molecular flexibility index (Phi) is 6.27. The summed E-state index contributed by atoms with van der Waals surface area (Å²) in [4.78, 5) is 28.4. The number of nitrogens with zero attached hydrogens (tertiary/aromatic N) is 1. The van der Waals surface area contributed by atoms with Crippen LogP contribution in [0.4, 0.5) is 11.4 Å². The Morgan fingerprint density at radius 1 is 0.735 bits per heavy atom. The maximum atomic E-state index is 13.6. The van der Waals surface area contributed by atoms with Crippen molar-refractivity contribution in [1.82, 2.24) is 0 Å². The number of amides is 2. The predicted molar refractivity (Wildman–Crippen MR) is 131 cm³/mol. The Morgan fingerprint density at radius 2 is 1.38 bits per heavy atom. The molecule has 0 saturated heterocycles. The van der Waals surface area contributed by atoms with E-state index in [-0.39, 0.29) is 11.3 Å². The summed E-state index contributed by atoms with van der Waals surface area (Å²) in [7, 11) is 4.55. The molecule has 0 fully saturated rings. The number of imide groups is 1. The van der Waals surface area contributed by atoms with Gasteiger partial charge in [-0.2, -0.15) is 0 Å². The van der Waals surface area contributed by atoms with Gasteiger partial charge in [-0.05, 0) is 42.7 Å². The van der Waals surface area contributed by atoms with E-state index in [2.05, 4.69) is 5.32 Å². The lowest BCUT2D eigenvalue weighted by atomic mass is 10.0. The van der Waals surface area contributed by atoms with E-state index in [0.29, 0.717) is 34.2 Å². The standard InChI is InChI=1S/C27H26N2O5/c1-16-11-12-20(13-17(16)2)29-26(30)23(18-9-7-6-8-10-18)24(27(29)31)28-19-14-21(32-3)25(34-5)22(15-19)33-4/h6-15,28H,1-5H3. The second-order valence-corrected chi connectivity index (χ2v) is 7.87. The molecule has 3 aromatic rings. The molecule has 7 nitrogen and oxygen atoms in total. The van der Waals surface area contributed by atoms with Crippen molar-refractivity contribution >= 4 is 28.8 Å². The Balaban J connectivity index is 1.84. The number of aryl methyl sites for hydroxylation is 2. The first-order chi connectivity index (χ1) is 16.4. The monoisotopic (exact) mass is 458 g/mol. The van der Waals surface area contributed by atoms with E-state index in [1.807, 2.05) is 44.2 Å². The highest BCUT2D eigenvalue weighted by molar-refractivity contribution is 6.46. The number of methoxy groups -OCH3 is 3. The Morgan fingerprint density at radius 3 is 1.94 bits per heavy atom. The number of hydrogen-bond donors (Lipinski definition) is 1. The van der Waals surface area contributed by atoms with Gasteiger partial charge in [0.2, 0.25) is 5.75 Å². The molecule has 4 rings (SSSR count). The summed E-state index contributed by atoms with van der Waals surface area (Å²) in [5.41, 5.74) is 4.21. The number of carbonyl (C=O) groups excluding carboxylic acids is 2. The van der Waals surface area contributed by atoms with Crippen LogP contribution in [0.5, 0.6) is 17.2 Å². The fourth-order valence-corrected chi connectivity index (χ4v) is 3.92. The molecule has 0 unspecified atom stereocenters. The van der Waals surface area contributed by atoms with Crippen molar-refractivity contribution in [2.45, 2.75) is 13.8 Å². The van der Waals surface area contributed by atoms with Crippen molar-refractivity contribution in [1.29, 1.82) is 0 Å². The van der Waals surface area contributed by atoms with Gasteiger partial charge in [0.25, 0.3) is 11.8 Å². The van der Waals surface area contributed by atoms with Gasteiger partial charge in [-0.1, -0.05) is 36.4 Å². The molecule has 174 valence electrons. The Bertz CT molecular complexity index is 1270. The van der Waals surface area contributed by atoms with Crippen LogP contribution in [0.25, 0.3) is 5.57 Å². The number of anilines is 2. The van der Waals surface area contributed by atoms with Gasteiger partial charge in [0.05, 0.1) is 32.6 Å². The third kappa shape index (κ3) is 3.96. The van der Waals surface area contributed by atoms with Crippen molar-refractivity contribution in [3.63, 3.8) is 0 Å². The number of benzene rings is 3. The Labute approximate surface area is 198 Å². The highest BCUT2D eigenvalue weighted by Gasteiger charge is 2.40. The fourth-order valence-electron chi connectivity index (χ4n) is 3.92. The number of ether oxygens (including phenoxy) is 3. The van der Waals surface area contributed by atoms with Gasteiger partial charge >= 0.3 is 0 Å². The first kappa shape index (κ1) is 22.9. The van der Waals surface area contributed by atoms with Crippen molar-refractivity contribution in [2.75, 3.05) is 31.5 Å². The molecule has 1 heterocycles. The van der Waals surface area contributed by atoms with Gasteiger partial charge in [-0.15, -0.1) is 0 Å². The quantitative estimate of drug-likeness (QED) is 0.516. The second kappa shape index (κ2) is 9.31. The van der Waals surface area contributed by atoms with Crippen LogP contribution in [-0.4, -0.2) is 33.1 Å². The average molecular weight is 459 g/mol. The van der Waals surface area contributed by atoms with E-state index >= 15 is 0 Å². The molecule has 1 aliphatic heterocycles. The molecule has 0 aromatic heterocycles. The summed E-state index contributed by atoms with van der Waals surface area (Å²) in [5, 5.41) is 3.15. The predicted octanol–water partition coefficient (Wildman–Crippen LogP) is 4.73. The van der Waals surface area contributed by atoms with Crippen LogP contribution in [0, 0.1) is 13.8 Å². The molecule has 7 heteroatoms. The number of rotatable bonds is 7. The van der Waals surface area contributed by atoms with Crippen LogP contribution >= 0.6 is 0 Å². The first-order valence-electron chi connectivity index (χ1n) is 10.7. The van der Waals surface area contributed by atoms with Crippen LogP contribution in [-0.2, 0) is 9.59 Å². The number of carbonyl (C=O) groups is 2. The summed E-state index contributed by atoms with van der Waals surface area (Å²) >= 11 is 0. The molecule has 0 aliphatic carbocycles. The minimum Gasteiger partial charge on any atom is -0.493 e. The zero-order valence-corrected chi connectivity index (χ0v) is 19.8. The van der Waals surface area contributed by atoms with Gasteiger partial charge in [-0.25, -0.2) is 4.90 Å². The van der Waals surface area contributed by atoms with Gasteiger partial charge in [0.15, 0.2) is 11.5 Å². The molecule has 2 amide bonds. The van der Waals surface area contributed by atoms with E-state index in [0.717, 1.165) is 11.1 Å². The average Bonchev–Trinajstić information content (AvgIpc) is 3.09. The lowest BCUT2D eigenvalue weighted by Gasteiger charge is -2.17. The van der Waals surface area contributed by atoms with Crippen molar-refractivity contribution in [2.24, 2.45) is 0 Å². The summed E-state index contributed by atoms with van der Waals surface area (Å²) in [5.74, 6) is 0.441. The van der Waals surface area contributed by atoms with Crippen molar-refractivity contribution < 1.29 is 23.8 Å². The van der Waals surface area contributed by atoms with Crippen LogP contribution < -0.4 is 24.4 Å². The Hall–Kier alpha value is -4.26. The van der Waals surface area contributed by atoms with Crippen LogP contribution in [0.1, 0.15) is 16.7 Å². The third-order valence-electron chi connectivity index (χ3n) is 5.83. The van der Waals surface area contributed by atoms with E-state index in [4.69, 9.17) is 14.2 Å². The molecule has 0 saturated carbocycles. The normalized spacial score (nSPS) is 13.4. The molecular formula is C27H26N2O5. The van der Waals surface area contributed by atoms with Gasteiger partial charge in [0, 0.05) is 17.8 Å². The summed E-state index contributed by atoms with van der Waals surface area (Å²) in [6.07, 6.45) is 0. The molecule has 0 atom stereocenters. The summed E-state index contributed by atoms with van der Waals surface area (Å²) < 4.78 is 16.3. The summed E-state index contributed by atoms with van der Waals surface area (Å²) in [6, 6.07) is 18.0. The molecule has 34 heavy (non-hydrogen) atoms. The molecule has 1 N–H and O–H groups in total. The van der Waals surface area contributed by atoms with Gasteiger partial charge in [0.1, 0.15) is 5.70 Å². The van der Waals surface area contributed by atoms with E-state index < -0.39 is 11.8 Å². The van der Waals surface area contributed by atoms with E-state index in [1.165, 1.54) is 26.2 Å².